The van der Waals surface area contributed by atoms with Gasteiger partial charge < -0.3 is 19.4 Å². The number of nitrogens with zero attached hydrogens (tertiary/aromatic N) is 5. The summed E-state index contributed by atoms with van der Waals surface area (Å²) in [5.74, 6) is 2.30. The van der Waals surface area contributed by atoms with E-state index in [-0.39, 0.29) is 17.6 Å². The smallest absolute Gasteiger partial charge is 0.263 e. The first-order valence-corrected chi connectivity index (χ1v) is 12.9. The number of hydrogen-bond donors (Lipinski definition) is 0. The summed E-state index contributed by atoms with van der Waals surface area (Å²) in [6, 6.07) is 15.6. The monoisotopic (exact) mass is 499 g/mol. The van der Waals surface area contributed by atoms with Crippen molar-refractivity contribution in [3.05, 3.63) is 72.1 Å². The van der Waals surface area contributed by atoms with Crippen molar-refractivity contribution in [2.75, 3.05) is 49.1 Å². The van der Waals surface area contributed by atoms with E-state index in [0.717, 1.165) is 67.4 Å². The van der Waals surface area contributed by atoms with Gasteiger partial charge in [-0.05, 0) is 68.7 Å². The first-order valence-electron chi connectivity index (χ1n) is 12.9. The molecule has 0 spiro atoms. The summed E-state index contributed by atoms with van der Waals surface area (Å²) >= 11 is 0. The number of benzene rings is 2. The van der Waals surface area contributed by atoms with Crippen molar-refractivity contribution in [3.8, 4) is 11.6 Å². The van der Waals surface area contributed by atoms with Crippen LogP contribution in [-0.4, -0.2) is 65.8 Å². The number of carbonyl (C=O) groups excluding carboxylic acids is 2. The van der Waals surface area contributed by atoms with Gasteiger partial charge in [0.05, 0.1) is 0 Å². The third kappa shape index (κ3) is 5.74. The molecule has 5 rings (SSSR count). The van der Waals surface area contributed by atoms with Crippen LogP contribution in [0.25, 0.3) is 0 Å². The highest BCUT2D eigenvalue weighted by Gasteiger charge is 2.32. The molecule has 192 valence electrons. The Hall–Kier alpha value is -3.94. The number of anilines is 2. The SMILES string of the molecule is CC(=O)c1ccc(N2CCN(C(=O)C3CCN(c4nccnc4Oc4cccc(C)c4)CC3)CC2)cc1. The molecular weight excluding hydrogens is 466 g/mol. The maximum Gasteiger partial charge on any atom is 0.263 e. The van der Waals surface area contributed by atoms with Gasteiger partial charge in [0.2, 0.25) is 5.91 Å². The lowest BCUT2D eigenvalue weighted by molar-refractivity contribution is -0.136. The Morgan fingerprint density at radius 3 is 2.24 bits per heavy atom. The number of ketones is 1. The molecule has 2 aliphatic rings. The van der Waals surface area contributed by atoms with Gasteiger partial charge in [-0.3, -0.25) is 9.59 Å². The molecule has 0 N–H and O–H groups in total. The molecule has 8 nitrogen and oxygen atoms in total. The minimum Gasteiger partial charge on any atom is -0.436 e. The molecular formula is C29H33N5O3. The van der Waals surface area contributed by atoms with E-state index in [9.17, 15) is 9.59 Å². The van der Waals surface area contributed by atoms with Gasteiger partial charge in [-0.25, -0.2) is 9.97 Å². The number of piperidine rings is 1. The molecule has 2 aromatic carbocycles. The van der Waals surface area contributed by atoms with Gasteiger partial charge in [-0.1, -0.05) is 12.1 Å². The summed E-state index contributed by atoms with van der Waals surface area (Å²) in [5, 5.41) is 0. The van der Waals surface area contributed by atoms with Crippen LogP contribution in [0.4, 0.5) is 11.5 Å². The first kappa shape index (κ1) is 24.7. The minimum atomic E-state index is 0.0236. The lowest BCUT2D eigenvalue weighted by Gasteiger charge is -2.39. The Bertz CT molecular complexity index is 1250. The number of aromatic nitrogens is 2. The molecule has 3 aromatic rings. The van der Waals surface area contributed by atoms with E-state index in [1.165, 1.54) is 0 Å². The van der Waals surface area contributed by atoms with Crippen LogP contribution in [0.3, 0.4) is 0 Å². The van der Waals surface area contributed by atoms with Crippen LogP contribution in [0.5, 0.6) is 11.6 Å². The van der Waals surface area contributed by atoms with Crippen molar-refractivity contribution in [1.82, 2.24) is 14.9 Å². The van der Waals surface area contributed by atoms with Crippen LogP contribution < -0.4 is 14.5 Å². The second-order valence-electron chi connectivity index (χ2n) is 9.78. The van der Waals surface area contributed by atoms with Crippen molar-refractivity contribution < 1.29 is 14.3 Å². The largest absolute Gasteiger partial charge is 0.436 e. The van der Waals surface area contributed by atoms with Crippen molar-refractivity contribution >= 4 is 23.2 Å². The highest BCUT2D eigenvalue weighted by Crippen LogP contribution is 2.32. The summed E-state index contributed by atoms with van der Waals surface area (Å²) in [6.07, 6.45) is 4.89. The summed E-state index contributed by atoms with van der Waals surface area (Å²) in [7, 11) is 0. The molecule has 8 heteroatoms. The zero-order valence-corrected chi connectivity index (χ0v) is 21.5. The van der Waals surface area contributed by atoms with Gasteiger partial charge in [0.15, 0.2) is 11.6 Å². The molecule has 0 aliphatic carbocycles. The van der Waals surface area contributed by atoms with Gasteiger partial charge in [0, 0.05) is 68.8 Å². The minimum absolute atomic E-state index is 0.0236. The van der Waals surface area contributed by atoms with E-state index in [1.54, 1.807) is 19.3 Å². The Morgan fingerprint density at radius 2 is 1.57 bits per heavy atom. The number of ether oxygens (including phenoxy) is 1. The van der Waals surface area contributed by atoms with Crippen LogP contribution >= 0.6 is 0 Å². The summed E-state index contributed by atoms with van der Waals surface area (Å²) in [5.41, 5.74) is 2.94. The normalized spacial score (nSPS) is 16.5. The van der Waals surface area contributed by atoms with Crippen molar-refractivity contribution in [2.45, 2.75) is 26.7 Å². The van der Waals surface area contributed by atoms with Crippen LogP contribution in [0.1, 0.15) is 35.7 Å². The Morgan fingerprint density at radius 1 is 0.865 bits per heavy atom. The summed E-state index contributed by atoms with van der Waals surface area (Å²) < 4.78 is 6.07. The number of hydrogen-bond acceptors (Lipinski definition) is 7. The van der Waals surface area contributed by atoms with E-state index in [1.807, 2.05) is 60.4 Å². The number of piperazine rings is 1. The maximum absolute atomic E-state index is 13.3. The second-order valence-corrected chi connectivity index (χ2v) is 9.78. The predicted molar refractivity (Wildman–Crippen MR) is 143 cm³/mol. The number of amides is 1. The number of carbonyl (C=O) groups is 2. The van der Waals surface area contributed by atoms with Crippen molar-refractivity contribution in [1.29, 1.82) is 0 Å². The molecule has 2 fully saturated rings. The highest BCUT2D eigenvalue weighted by molar-refractivity contribution is 5.94. The average Bonchev–Trinajstić information content (AvgIpc) is 2.93. The van der Waals surface area contributed by atoms with Crippen molar-refractivity contribution in [3.63, 3.8) is 0 Å². The predicted octanol–water partition coefficient (Wildman–Crippen LogP) is 4.35. The fraction of sp³-hybridized carbons (Fsp3) is 0.379. The molecule has 0 unspecified atom stereocenters. The molecule has 0 radical (unpaired) electrons. The van der Waals surface area contributed by atoms with E-state index < -0.39 is 0 Å². The third-order valence-electron chi connectivity index (χ3n) is 7.22. The Labute approximate surface area is 217 Å². The fourth-order valence-corrected chi connectivity index (χ4v) is 5.09. The van der Waals surface area contributed by atoms with Crippen LogP contribution in [0.2, 0.25) is 0 Å². The highest BCUT2D eigenvalue weighted by atomic mass is 16.5. The van der Waals surface area contributed by atoms with Crippen LogP contribution in [0, 0.1) is 12.8 Å². The van der Waals surface area contributed by atoms with E-state index in [0.29, 0.717) is 19.0 Å². The lowest BCUT2D eigenvalue weighted by Crippen LogP contribution is -2.51. The molecule has 1 amide bonds. The van der Waals surface area contributed by atoms with Gasteiger partial charge in [0.1, 0.15) is 5.75 Å². The van der Waals surface area contributed by atoms with E-state index in [4.69, 9.17) is 4.74 Å². The number of Topliss-reactive ketones (excluding diaryl/α,β-unsaturated/α-hetero) is 1. The average molecular weight is 500 g/mol. The zero-order chi connectivity index (χ0) is 25.8. The van der Waals surface area contributed by atoms with E-state index in [2.05, 4.69) is 19.8 Å². The number of aryl methyl sites for hydroxylation is 1. The zero-order valence-electron chi connectivity index (χ0n) is 21.5. The van der Waals surface area contributed by atoms with Gasteiger partial charge in [-0.15, -0.1) is 0 Å². The molecule has 3 heterocycles. The molecule has 0 saturated carbocycles. The van der Waals surface area contributed by atoms with Gasteiger partial charge in [0.25, 0.3) is 5.88 Å². The summed E-state index contributed by atoms with van der Waals surface area (Å²) in [4.78, 5) is 40.3. The van der Waals surface area contributed by atoms with Gasteiger partial charge in [-0.2, -0.15) is 0 Å². The lowest BCUT2D eigenvalue weighted by atomic mass is 9.95. The Kier molecular flexibility index (Phi) is 7.35. The van der Waals surface area contributed by atoms with Crippen LogP contribution in [-0.2, 0) is 4.79 Å². The van der Waals surface area contributed by atoms with Gasteiger partial charge >= 0.3 is 0 Å². The third-order valence-corrected chi connectivity index (χ3v) is 7.22. The molecule has 2 saturated heterocycles. The molecule has 37 heavy (non-hydrogen) atoms. The second kappa shape index (κ2) is 11.0. The quantitative estimate of drug-likeness (QED) is 0.467. The topological polar surface area (TPSA) is 78.9 Å². The molecule has 0 atom stereocenters. The maximum atomic E-state index is 13.3. The molecule has 0 bridgehead atoms. The van der Waals surface area contributed by atoms with Crippen molar-refractivity contribution in [2.24, 2.45) is 5.92 Å². The van der Waals surface area contributed by atoms with E-state index >= 15 is 0 Å². The fourth-order valence-electron chi connectivity index (χ4n) is 5.09. The standard InChI is InChI=1S/C29H33N5O3/c1-21-4-3-5-26(20-21)37-28-27(30-12-13-31-28)33-14-10-24(11-15-33)29(36)34-18-16-32(17-19-34)25-8-6-23(7-9-25)22(2)35/h3-9,12-13,20,24H,10-11,14-19H2,1-2H3. The molecule has 2 aliphatic heterocycles. The number of rotatable bonds is 6. The van der Waals surface area contributed by atoms with Crippen LogP contribution in [0.15, 0.2) is 60.9 Å². The first-order chi connectivity index (χ1) is 18.0. The molecule has 1 aromatic heterocycles. The Balaban J connectivity index is 1.15. The summed E-state index contributed by atoms with van der Waals surface area (Å²) in [6.45, 7) is 8.10.